The molecule has 0 bridgehead atoms. The highest BCUT2D eigenvalue weighted by molar-refractivity contribution is 5.02. The van der Waals surface area contributed by atoms with Gasteiger partial charge in [0.15, 0.2) is 5.82 Å². The lowest BCUT2D eigenvalue weighted by atomic mass is 9.95. The van der Waals surface area contributed by atoms with Gasteiger partial charge in [0.1, 0.15) is 0 Å². The van der Waals surface area contributed by atoms with Crippen molar-refractivity contribution in [3.63, 3.8) is 0 Å². The van der Waals surface area contributed by atoms with Gasteiger partial charge < -0.3 is 14.4 Å². The molecule has 0 unspecified atom stereocenters. The van der Waals surface area contributed by atoms with E-state index in [4.69, 9.17) is 9.26 Å². The van der Waals surface area contributed by atoms with Crippen LogP contribution in [0, 0.1) is 0 Å². The molecule has 0 radical (unpaired) electrons. The fourth-order valence-corrected chi connectivity index (χ4v) is 1.99. The van der Waals surface area contributed by atoms with Crippen molar-refractivity contribution in [1.82, 2.24) is 10.1 Å². The van der Waals surface area contributed by atoms with Crippen molar-refractivity contribution in [3.05, 3.63) is 11.7 Å². The SMILES string of the molecule is C[C@@H]1C[C@@](O)(Cc2nc(C(C)(C)C)no2)CO1. The zero-order valence-corrected chi connectivity index (χ0v) is 10.9. The molecule has 17 heavy (non-hydrogen) atoms. The van der Waals surface area contributed by atoms with Gasteiger partial charge in [0.25, 0.3) is 0 Å². The number of aliphatic hydroxyl groups is 1. The van der Waals surface area contributed by atoms with E-state index in [2.05, 4.69) is 10.1 Å². The first-order valence-corrected chi connectivity index (χ1v) is 5.96. The zero-order chi connectivity index (χ0) is 12.7. The van der Waals surface area contributed by atoms with E-state index in [1.807, 2.05) is 27.7 Å². The lowest BCUT2D eigenvalue weighted by Gasteiger charge is -2.17. The second kappa shape index (κ2) is 4.07. The molecule has 5 heteroatoms. The Labute approximate surface area is 101 Å². The average Bonchev–Trinajstić information content (AvgIpc) is 2.73. The highest BCUT2D eigenvalue weighted by Crippen LogP contribution is 2.28. The van der Waals surface area contributed by atoms with Crippen LogP contribution in [0.1, 0.15) is 45.8 Å². The molecule has 2 heterocycles. The maximum Gasteiger partial charge on any atom is 0.229 e. The largest absolute Gasteiger partial charge is 0.387 e. The van der Waals surface area contributed by atoms with Gasteiger partial charge >= 0.3 is 0 Å². The quantitative estimate of drug-likeness (QED) is 0.847. The number of hydrogen-bond donors (Lipinski definition) is 1. The summed E-state index contributed by atoms with van der Waals surface area (Å²) in [6.07, 6.45) is 1.06. The van der Waals surface area contributed by atoms with Gasteiger partial charge in [-0.1, -0.05) is 25.9 Å². The standard InChI is InChI=1S/C12H20N2O3/c1-8-5-12(15,7-16-8)6-9-13-10(14-17-9)11(2,3)4/h8,15H,5-7H2,1-4H3/t8-,12-/m1/s1. The molecular weight excluding hydrogens is 220 g/mol. The highest BCUT2D eigenvalue weighted by Gasteiger charge is 2.38. The van der Waals surface area contributed by atoms with Crippen LogP contribution < -0.4 is 0 Å². The molecule has 0 spiro atoms. The molecule has 1 fully saturated rings. The molecule has 1 saturated heterocycles. The molecule has 2 atom stereocenters. The molecule has 1 aliphatic rings. The van der Waals surface area contributed by atoms with Crippen molar-refractivity contribution in [3.8, 4) is 0 Å². The molecule has 1 aliphatic heterocycles. The number of nitrogens with zero attached hydrogens (tertiary/aromatic N) is 2. The Balaban J connectivity index is 2.07. The van der Waals surface area contributed by atoms with Crippen LogP contribution in [0.25, 0.3) is 0 Å². The van der Waals surface area contributed by atoms with Crippen LogP contribution in [0.3, 0.4) is 0 Å². The first-order valence-electron chi connectivity index (χ1n) is 5.96. The fourth-order valence-electron chi connectivity index (χ4n) is 1.99. The van der Waals surface area contributed by atoms with E-state index in [0.29, 0.717) is 31.2 Å². The van der Waals surface area contributed by atoms with E-state index in [9.17, 15) is 5.11 Å². The molecule has 96 valence electrons. The van der Waals surface area contributed by atoms with E-state index in [1.165, 1.54) is 0 Å². The summed E-state index contributed by atoms with van der Waals surface area (Å²) in [5.74, 6) is 1.15. The van der Waals surface area contributed by atoms with Crippen LogP contribution >= 0.6 is 0 Å². The monoisotopic (exact) mass is 240 g/mol. The Bertz CT molecular complexity index is 397. The molecule has 0 saturated carbocycles. The van der Waals surface area contributed by atoms with Crippen molar-refractivity contribution in [2.24, 2.45) is 0 Å². The molecule has 1 N–H and O–H groups in total. The number of hydrogen-bond acceptors (Lipinski definition) is 5. The summed E-state index contributed by atoms with van der Waals surface area (Å²) in [4.78, 5) is 4.32. The van der Waals surface area contributed by atoms with Gasteiger partial charge in [0, 0.05) is 11.8 Å². The molecule has 0 aliphatic carbocycles. The van der Waals surface area contributed by atoms with Crippen LogP contribution in [0.2, 0.25) is 0 Å². The second-order valence-electron chi connectivity index (χ2n) is 5.99. The van der Waals surface area contributed by atoms with Gasteiger partial charge in [-0.05, 0) is 6.92 Å². The Morgan fingerprint density at radius 2 is 2.18 bits per heavy atom. The van der Waals surface area contributed by atoms with Gasteiger partial charge in [-0.15, -0.1) is 0 Å². The molecule has 2 rings (SSSR count). The average molecular weight is 240 g/mol. The molecule has 1 aromatic heterocycles. The van der Waals surface area contributed by atoms with E-state index < -0.39 is 5.60 Å². The summed E-state index contributed by atoms with van der Waals surface area (Å²) in [7, 11) is 0. The van der Waals surface area contributed by atoms with Crippen LogP contribution in [0.5, 0.6) is 0 Å². The summed E-state index contributed by atoms with van der Waals surface area (Å²) >= 11 is 0. The lowest BCUT2D eigenvalue weighted by molar-refractivity contribution is 0.0173. The summed E-state index contributed by atoms with van der Waals surface area (Å²) in [5, 5.41) is 14.2. The Morgan fingerprint density at radius 1 is 1.47 bits per heavy atom. The van der Waals surface area contributed by atoms with Crippen molar-refractivity contribution < 1.29 is 14.4 Å². The molecular formula is C12H20N2O3. The molecule has 0 amide bonds. The van der Waals surface area contributed by atoms with Crippen LogP contribution in [0.4, 0.5) is 0 Å². The Kier molecular flexibility index (Phi) is 2.99. The fraction of sp³-hybridized carbons (Fsp3) is 0.833. The number of rotatable bonds is 2. The predicted molar refractivity (Wildman–Crippen MR) is 61.7 cm³/mol. The number of aromatic nitrogens is 2. The van der Waals surface area contributed by atoms with Crippen molar-refractivity contribution in [1.29, 1.82) is 0 Å². The minimum Gasteiger partial charge on any atom is -0.387 e. The van der Waals surface area contributed by atoms with Gasteiger partial charge in [-0.3, -0.25) is 0 Å². The van der Waals surface area contributed by atoms with Crippen molar-refractivity contribution >= 4 is 0 Å². The van der Waals surface area contributed by atoms with Crippen LogP contribution in [-0.4, -0.2) is 33.6 Å². The van der Waals surface area contributed by atoms with Crippen molar-refractivity contribution in [2.75, 3.05) is 6.61 Å². The topological polar surface area (TPSA) is 68.4 Å². The van der Waals surface area contributed by atoms with E-state index in [-0.39, 0.29) is 11.5 Å². The Morgan fingerprint density at radius 3 is 2.65 bits per heavy atom. The first-order chi connectivity index (χ1) is 7.78. The smallest absolute Gasteiger partial charge is 0.229 e. The predicted octanol–water partition coefficient (Wildman–Crippen LogP) is 1.45. The van der Waals surface area contributed by atoms with Crippen molar-refractivity contribution in [2.45, 2.75) is 57.7 Å². The lowest BCUT2D eigenvalue weighted by Crippen LogP contribution is -2.32. The minimum atomic E-state index is -0.860. The third-order valence-corrected chi connectivity index (χ3v) is 2.92. The maximum absolute atomic E-state index is 10.3. The Hall–Kier alpha value is -0.940. The second-order valence-corrected chi connectivity index (χ2v) is 5.99. The van der Waals surface area contributed by atoms with Gasteiger partial charge in [0.05, 0.1) is 24.7 Å². The molecule has 1 aromatic rings. The van der Waals surface area contributed by atoms with Gasteiger partial charge in [0.2, 0.25) is 5.89 Å². The zero-order valence-electron chi connectivity index (χ0n) is 10.9. The highest BCUT2D eigenvalue weighted by atomic mass is 16.5. The molecule has 0 aromatic carbocycles. The summed E-state index contributed by atoms with van der Waals surface area (Å²) in [6.45, 7) is 8.36. The van der Waals surface area contributed by atoms with E-state index in [1.54, 1.807) is 0 Å². The van der Waals surface area contributed by atoms with Crippen LogP contribution in [-0.2, 0) is 16.6 Å². The van der Waals surface area contributed by atoms with E-state index >= 15 is 0 Å². The van der Waals surface area contributed by atoms with E-state index in [0.717, 1.165) is 0 Å². The third kappa shape index (κ3) is 2.84. The number of ether oxygens (including phenoxy) is 1. The summed E-state index contributed by atoms with van der Waals surface area (Å²) < 4.78 is 10.6. The first kappa shape index (κ1) is 12.5. The van der Waals surface area contributed by atoms with Crippen LogP contribution in [0.15, 0.2) is 4.52 Å². The summed E-state index contributed by atoms with van der Waals surface area (Å²) in [5.41, 5.74) is -0.995. The maximum atomic E-state index is 10.3. The van der Waals surface area contributed by atoms with Gasteiger partial charge in [-0.2, -0.15) is 4.98 Å². The third-order valence-electron chi connectivity index (χ3n) is 2.92. The normalized spacial score (nSPS) is 29.8. The minimum absolute atomic E-state index is 0.0880. The molecule has 5 nitrogen and oxygen atoms in total. The van der Waals surface area contributed by atoms with Gasteiger partial charge in [-0.25, -0.2) is 0 Å². The summed E-state index contributed by atoms with van der Waals surface area (Å²) in [6, 6.07) is 0.